The van der Waals surface area contributed by atoms with Gasteiger partial charge in [0, 0.05) is 38.1 Å². The summed E-state index contributed by atoms with van der Waals surface area (Å²) in [7, 11) is 0. The second kappa shape index (κ2) is 5.02. The molecule has 1 aliphatic carbocycles. The molecule has 0 bridgehead atoms. The average molecular weight is 268 g/mol. The van der Waals surface area contributed by atoms with Crippen molar-refractivity contribution in [2.75, 3.05) is 37.6 Å². The summed E-state index contributed by atoms with van der Waals surface area (Å²) >= 11 is 0. The summed E-state index contributed by atoms with van der Waals surface area (Å²) in [5.41, 5.74) is 1.04. The van der Waals surface area contributed by atoms with Gasteiger partial charge in [0.05, 0.1) is 5.52 Å². The SMILES string of the molecule is c1ccc2c(N3CCN(CC4CC4)CC3)ncnc2c1. The highest BCUT2D eigenvalue weighted by molar-refractivity contribution is 5.89. The summed E-state index contributed by atoms with van der Waals surface area (Å²) in [6.45, 7) is 5.78. The van der Waals surface area contributed by atoms with Crippen molar-refractivity contribution in [2.45, 2.75) is 12.8 Å². The maximum Gasteiger partial charge on any atom is 0.139 e. The Labute approximate surface area is 119 Å². The zero-order chi connectivity index (χ0) is 13.4. The highest BCUT2D eigenvalue weighted by Gasteiger charge is 2.27. The Kier molecular flexibility index (Phi) is 3.03. The zero-order valence-corrected chi connectivity index (χ0v) is 11.7. The molecule has 2 aromatic rings. The zero-order valence-electron chi connectivity index (χ0n) is 11.7. The molecule has 0 unspecified atom stereocenters. The van der Waals surface area contributed by atoms with Crippen LogP contribution < -0.4 is 4.90 Å². The Hall–Kier alpha value is -1.68. The van der Waals surface area contributed by atoms with E-state index in [2.05, 4.69) is 38.0 Å². The van der Waals surface area contributed by atoms with Crippen LogP contribution in [0.15, 0.2) is 30.6 Å². The van der Waals surface area contributed by atoms with Crippen LogP contribution in [0.4, 0.5) is 5.82 Å². The third-order valence-corrected chi connectivity index (χ3v) is 4.41. The molecule has 4 rings (SSSR count). The van der Waals surface area contributed by atoms with E-state index in [4.69, 9.17) is 0 Å². The molecule has 1 aromatic carbocycles. The van der Waals surface area contributed by atoms with Crippen LogP contribution in [0.1, 0.15) is 12.8 Å². The highest BCUT2D eigenvalue weighted by atomic mass is 15.3. The molecule has 2 aliphatic rings. The first-order valence-corrected chi connectivity index (χ1v) is 7.57. The third kappa shape index (κ3) is 2.36. The standard InChI is InChI=1S/C16H20N4/c1-2-4-15-14(3-1)16(18-12-17-15)20-9-7-19(8-10-20)11-13-5-6-13/h1-4,12-13H,5-11H2. The maximum atomic E-state index is 4.53. The molecule has 4 nitrogen and oxygen atoms in total. The fraction of sp³-hybridized carbons (Fsp3) is 0.500. The van der Waals surface area contributed by atoms with Crippen LogP contribution >= 0.6 is 0 Å². The summed E-state index contributed by atoms with van der Waals surface area (Å²) in [5, 5.41) is 1.17. The van der Waals surface area contributed by atoms with E-state index in [-0.39, 0.29) is 0 Å². The Morgan fingerprint density at radius 1 is 1.00 bits per heavy atom. The highest BCUT2D eigenvalue weighted by Crippen LogP contribution is 2.30. The summed E-state index contributed by atoms with van der Waals surface area (Å²) in [6, 6.07) is 8.29. The normalized spacial score (nSPS) is 20.5. The van der Waals surface area contributed by atoms with Crippen LogP contribution in [-0.4, -0.2) is 47.6 Å². The molecule has 104 valence electrons. The van der Waals surface area contributed by atoms with Crippen LogP contribution in [-0.2, 0) is 0 Å². The van der Waals surface area contributed by atoms with Crippen molar-refractivity contribution in [3.8, 4) is 0 Å². The Balaban J connectivity index is 1.52. The smallest absolute Gasteiger partial charge is 0.139 e. The topological polar surface area (TPSA) is 32.3 Å². The van der Waals surface area contributed by atoms with E-state index in [9.17, 15) is 0 Å². The second-order valence-electron chi connectivity index (χ2n) is 5.95. The van der Waals surface area contributed by atoms with Gasteiger partial charge >= 0.3 is 0 Å². The minimum Gasteiger partial charge on any atom is -0.353 e. The van der Waals surface area contributed by atoms with Crippen LogP contribution in [0.2, 0.25) is 0 Å². The Morgan fingerprint density at radius 2 is 1.80 bits per heavy atom. The fourth-order valence-corrected chi connectivity index (χ4v) is 3.05. The second-order valence-corrected chi connectivity index (χ2v) is 5.95. The van der Waals surface area contributed by atoms with E-state index in [0.717, 1.165) is 43.4 Å². The van der Waals surface area contributed by atoms with Crippen LogP contribution in [0, 0.1) is 5.92 Å². The molecule has 0 amide bonds. The van der Waals surface area contributed by atoms with Crippen molar-refractivity contribution in [1.29, 1.82) is 0 Å². The van der Waals surface area contributed by atoms with Crippen LogP contribution in [0.25, 0.3) is 10.9 Å². The van der Waals surface area contributed by atoms with E-state index >= 15 is 0 Å². The summed E-state index contributed by atoms with van der Waals surface area (Å²) in [6.07, 6.45) is 4.57. The van der Waals surface area contributed by atoms with E-state index < -0.39 is 0 Å². The maximum absolute atomic E-state index is 4.53. The molecule has 2 heterocycles. The Bertz CT molecular complexity index is 595. The van der Waals surface area contributed by atoms with E-state index in [1.54, 1.807) is 6.33 Å². The van der Waals surface area contributed by atoms with Crippen molar-refractivity contribution < 1.29 is 0 Å². The monoisotopic (exact) mass is 268 g/mol. The van der Waals surface area contributed by atoms with Gasteiger partial charge in [-0.05, 0) is 30.9 Å². The number of para-hydroxylation sites is 1. The lowest BCUT2D eigenvalue weighted by Gasteiger charge is -2.35. The number of benzene rings is 1. The summed E-state index contributed by atoms with van der Waals surface area (Å²) in [5.74, 6) is 2.09. The lowest BCUT2D eigenvalue weighted by molar-refractivity contribution is 0.248. The number of piperazine rings is 1. The third-order valence-electron chi connectivity index (χ3n) is 4.41. The molecule has 1 saturated carbocycles. The molecule has 4 heteroatoms. The van der Waals surface area contributed by atoms with E-state index in [1.165, 1.54) is 24.8 Å². The molecule has 2 fully saturated rings. The van der Waals surface area contributed by atoms with E-state index in [0.29, 0.717) is 0 Å². The molecule has 0 spiro atoms. The lowest BCUT2D eigenvalue weighted by Crippen LogP contribution is -2.47. The van der Waals surface area contributed by atoms with Crippen LogP contribution in [0.5, 0.6) is 0 Å². The minimum absolute atomic E-state index is 0.987. The van der Waals surface area contributed by atoms with Crippen molar-refractivity contribution in [1.82, 2.24) is 14.9 Å². The molecule has 1 aliphatic heterocycles. The van der Waals surface area contributed by atoms with Gasteiger partial charge in [0.15, 0.2) is 0 Å². The molecular formula is C16H20N4. The molecule has 1 aromatic heterocycles. The number of hydrogen-bond donors (Lipinski definition) is 0. The van der Waals surface area contributed by atoms with Gasteiger partial charge in [-0.2, -0.15) is 0 Å². The predicted molar refractivity (Wildman–Crippen MR) is 80.9 cm³/mol. The molecular weight excluding hydrogens is 248 g/mol. The number of rotatable bonds is 3. The summed E-state index contributed by atoms with van der Waals surface area (Å²) < 4.78 is 0. The van der Waals surface area contributed by atoms with Gasteiger partial charge in [-0.1, -0.05) is 12.1 Å². The lowest BCUT2D eigenvalue weighted by atomic mass is 10.2. The quantitative estimate of drug-likeness (QED) is 0.854. The van der Waals surface area contributed by atoms with Gasteiger partial charge in [0.25, 0.3) is 0 Å². The largest absolute Gasteiger partial charge is 0.353 e. The molecule has 0 N–H and O–H groups in total. The first-order valence-electron chi connectivity index (χ1n) is 7.57. The van der Waals surface area contributed by atoms with Crippen molar-refractivity contribution >= 4 is 16.7 Å². The average Bonchev–Trinajstić information content (AvgIpc) is 3.32. The van der Waals surface area contributed by atoms with Gasteiger partial charge < -0.3 is 4.90 Å². The first kappa shape index (κ1) is 12.1. The fourth-order valence-electron chi connectivity index (χ4n) is 3.05. The number of aromatic nitrogens is 2. The molecule has 0 radical (unpaired) electrons. The van der Waals surface area contributed by atoms with Crippen molar-refractivity contribution in [3.05, 3.63) is 30.6 Å². The van der Waals surface area contributed by atoms with E-state index in [1.807, 2.05) is 6.07 Å². The predicted octanol–water partition coefficient (Wildman–Crippen LogP) is 2.16. The Morgan fingerprint density at radius 3 is 2.60 bits per heavy atom. The van der Waals surface area contributed by atoms with Gasteiger partial charge in [0.2, 0.25) is 0 Å². The van der Waals surface area contributed by atoms with Gasteiger partial charge in [0.1, 0.15) is 12.1 Å². The molecule has 0 atom stereocenters. The number of hydrogen-bond acceptors (Lipinski definition) is 4. The number of fused-ring (bicyclic) bond motifs is 1. The number of nitrogens with zero attached hydrogens (tertiary/aromatic N) is 4. The summed E-state index contributed by atoms with van der Waals surface area (Å²) in [4.78, 5) is 13.9. The molecule has 20 heavy (non-hydrogen) atoms. The van der Waals surface area contributed by atoms with Crippen molar-refractivity contribution in [2.24, 2.45) is 5.92 Å². The van der Waals surface area contributed by atoms with Crippen LogP contribution in [0.3, 0.4) is 0 Å². The first-order chi connectivity index (χ1) is 9.90. The van der Waals surface area contributed by atoms with Gasteiger partial charge in [-0.3, -0.25) is 4.90 Å². The number of anilines is 1. The van der Waals surface area contributed by atoms with Crippen molar-refractivity contribution in [3.63, 3.8) is 0 Å². The van der Waals surface area contributed by atoms with Gasteiger partial charge in [-0.15, -0.1) is 0 Å². The van der Waals surface area contributed by atoms with Gasteiger partial charge in [-0.25, -0.2) is 9.97 Å². The minimum atomic E-state index is 0.987. The molecule has 1 saturated heterocycles.